The summed E-state index contributed by atoms with van der Waals surface area (Å²) in [5, 5.41) is 4.07. The van der Waals surface area contributed by atoms with Gasteiger partial charge in [0.25, 0.3) is 5.91 Å². The Bertz CT molecular complexity index is 455. The molecule has 0 spiro atoms. The number of nitrogens with zero attached hydrogens (tertiary/aromatic N) is 3. The van der Waals surface area contributed by atoms with Crippen LogP contribution in [-0.2, 0) is 11.3 Å². The highest BCUT2D eigenvalue weighted by Gasteiger charge is 2.32. The second kappa shape index (κ2) is 5.20. The van der Waals surface area contributed by atoms with Crippen molar-refractivity contribution < 1.29 is 9.59 Å². The molecule has 1 fully saturated rings. The number of likely N-dealkylation sites (tertiary alicyclic amines) is 1. The molecule has 6 nitrogen and oxygen atoms in total. The van der Waals surface area contributed by atoms with E-state index in [1.807, 2.05) is 6.92 Å². The SMILES string of the molecule is CCn1nccc1C(=O)N1CCCCC1C(N)=O. The molecular formula is C12H18N4O2. The Kier molecular flexibility index (Phi) is 3.64. The van der Waals surface area contributed by atoms with Gasteiger partial charge in [-0.3, -0.25) is 14.3 Å². The lowest BCUT2D eigenvalue weighted by molar-refractivity contribution is -0.123. The van der Waals surface area contributed by atoms with E-state index in [-0.39, 0.29) is 5.91 Å². The number of aromatic nitrogens is 2. The van der Waals surface area contributed by atoms with Crippen LogP contribution >= 0.6 is 0 Å². The van der Waals surface area contributed by atoms with Crippen LogP contribution in [0.2, 0.25) is 0 Å². The number of piperidine rings is 1. The molecule has 2 N–H and O–H groups in total. The predicted molar refractivity (Wildman–Crippen MR) is 65.8 cm³/mol. The largest absolute Gasteiger partial charge is 0.368 e. The van der Waals surface area contributed by atoms with Crippen LogP contribution in [0.3, 0.4) is 0 Å². The molecule has 1 saturated heterocycles. The maximum Gasteiger partial charge on any atom is 0.272 e. The van der Waals surface area contributed by atoms with Crippen molar-refractivity contribution in [2.45, 2.75) is 38.8 Å². The number of nitrogens with two attached hydrogens (primary N) is 1. The van der Waals surface area contributed by atoms with Crippen LogP contribution in [0.1, 0.15) is 36.7 Å². The normalized spacial score (nSPS) is 19.8. The van der Waals surface area contributed by atoms with Gasteiger partial charge in [0.05, 0.1) is 0 Å². The Balaban J connectivity index is 2.23. The summed E-state index contributed by atoms with van der Waals surface area (Å²) in [5.74, 6) is -0.580. The van der Waals surface area contributed by atoms with Crippen molar-refractivity contribution >= 4 is 11.8 Å². The van der Waals surface area contributed by atoms with Gasteiger partial charge >= 0.3 is 0 Å². The Morgan fingerprint density at radius 2 is 2.28 bits per heavy atom. The molecule has 1 aliphatic heterocycles. The number of carbonyl (C=O) groups excluding carboxylic acids is 2. The Hall–Kier alpha value is -1.85. The van der Waals surface area contributed by atoms with Crippen molar-refractivity contribution in [2.75, 3.05) is 6.54 Å². The number of rotatable bonds is 3. The molecule has 0 aliphatic carbocycles. The Morgan fingerprint density at radius 1 is 1.50 bits per heavy atom. The van der Waals surface area contributed by atoms with E-state index in [1.54, 1.807) is 21.8 Å². The maximum atomic E-state index is 12.4. The number of aryl methyl sites for hydroxylation is 1. The first-order valence-electron chi connectivity index (χ1n) is 6.27. The zero-order valence-electron chi connectivity index (χ0n) is 10.5. The standard InChI is InChI=1S/C12H18N4O2/c1-2-16-10(6-7-14-16)12(18)15-8-4-3-5-9(15)11(13)17/h6-7,9H,2-5,8H2,1H3,(H2,13,17). The quantitative estimate of drug-likeness (QED) is 0.842. The van der Waals surface area contributed by atoms with E-state index in [9.17, 15) is 9.59 Å². The molecule has 6 heteroatoms. The van der Waals surface area contributed by atoms with Crippen molar-refractivity contribution in [3.05, 3.63) is 18.0 Å². The topological polar surface area (TPSA) is 81.2 Å². The number of carbonyl (C=O) groups is 2. The Morgan fingerprint density at radius 3 is 2.94 bits per heavy atom. The summed E-state index contributed by atoms with van der Waals surface area (Å²) in [6, 6.07) is 1.20. The number of hydrogen-bond donors (Lipinski definition) is 1. The minimum atomic E-state index is -0.480. The van der Waals surface area contributed by atoms with Crippen LogP contribution in [0.15, 0.2) is 12.3 Å². The molecule has 1 unspecified atom stereocenters. The lowest BCUT2D eigenvalue weighted by Crippen LogP contribution is -2.50. The van der Waals surface area contributed by atoms with Crippen LogP contribution < -0.4 is 5.73 Å². The Labute approximate surface area is 106 Å². The molecule has 0 bridgehead atoms. The molecule has 0 aromatic carbocycles. The summed E-state index contributed by atoms with van der Waals surface area (Å²) in [6.45, 7) is 3.13. The highest BCUT2D eigenvalue weighted by Crippen LogP contribution is 2.19. The molecular weight excluding hydrogens is 232 g/mol. The third-order valence-electron chi connectivity index (χ3n) is 3.33. The predicted octanol–water partition coefficient (Wildman–Crippen LogP) is 0.383. The van der Waals surface area contributed by atoms with Crippen LogP contribution in [0.4, 0.5) is 0 Å². The highest BCUT2D eigenvalue weighted by molar-refractivity contribution is 5.96. The molecule has 0 radical (unpaired) electrons. The van der Waals surface area contributed by atoms with Crippen molar-refractivity contribution in [1.82, 2.24) is 14.7 Å². The minimum absolute atomic E-state index is 0.155. The molecule has 1 aromatic heterocycles. The van der Waals surface area contributed by atoms with Crippen LogP contribution in [-0.4, -0.2) is 39.1 Å². The molecule has 2 amide bonds. The van der Waals surface area contributed by atoms with Gasteiger partial charge < -0.3 is 10.6 Å². The van der Waals surface area contributed by atoms with E-state index in [2.05, 4.69) is 5.10 Å². The van der Waals surface area contributed by atoms with E-state index in [1.165, 1.54) is 0 Å². The fourth-order valence-electron chi connectivity index (χ4n) is 2.38. The van der Waals surface area contributed by atoms with E-state index in [0.29, 0.717) is 25.2 Å². The first kappa shape index (κ1) is 12.6. The third-order valence-corrected chi connectivity index (χ3v) is 3.33. The lowest BCUT2D eigenvalue weighted by Gasteiger charge is -2.33. The molecule has 1 aliphatic rings. The zero-order chi connectivity index (χ0) is 13.1. The van der Waals surface area contributed by atoms with Crippen molar-refractivity contribution in [2.24, 2.45) is 5.73 Å². The molecule has 18 heavy (non-hydrogen) atoms. The van der Waals surface area contributed by atoms with Gasteiger partial charge in [-0.2, -0.15) is 5.10 Å². The van der Waals surface area contributed by atoms with Gasteiger partial charge in [-0.15, -0.1) is 0 Å². The van der Waals surface area contributed by atoms with E-state index in [0.717, 1.165) is 12.8 Å². The maximum absolute atomic E-state index is 12.4. The zero-order valence-corrected chi connectivity index (χ0v) is 10.5. The van der Waals surface area contributed by atoms with Crippen LogP contribution in [0.5, 0.6) is 0 Å². The fraction of sp³-hybridized carbons (Fsp3) is 0.583. The third kappa shape index (κ3) is 2.23. The minimum Gasteiger partial charge on any atom is -0.368 e. The van der Waals surface area contributed by atoms with Gasteiger partial charge in [-0.1, -0.05) is 0 Å². The van der Waals surface area contributed by atoms with Crippen molar-refractivity contribution in [3.8, 4) is 0 Å². The van der Waals surface area contributed by atoms with Crippen molar-refractivity contribution in [3.63, 3.8) is 0 Å². The summed E-state index contributed by atoms with van der Waals surface area (Å²) in [7, 11) is 0. The van der Waals surface area contributed by atoms with Crippen molar-refractivity contribution in [1.29, 1.82) is 0 Å². The van der Waals surface area contributed by atoms with E-state index < -0.39 is 11.9 Å². The van der Waals surface area contributed by atoms with Gasteiger partial charge in [0.2, 0.25) is 5.91 Å². The summed E-state index contributed by atoms with van der Waals surface area (Å²) in [5.41, 5.74) is 5.88. The summed E-state index contributed by atoms with van der Waals surface area (Å²) < 4.78 is 1.63. The molecule has 98 valence electrons. The van der Waals surface area contributed by atoms with Gasteiger partial charge in [0, 0.05) is 19.3 Å². The smallest absolute Gasteiger partial charge is 0.272 e. The first-order chi connectivity index (χ1) is 8.65. The monoisotopic (exact) mass is 250 g/mol. The summed E-state index contributed by atoms with van der Waals surface area (Å²) >= 11 is 0. The van der Waals surface area contributed by atoms with Crippen LogP contribution in [0, 0.1) is 0 Å². The average molecular weight is 250 g/mol. The number of hydrogen-bond acceptors (Lipinski definition) is 3. The van der Waals surface area contributed by atoms with Crippen LogP contribution in [0.25, 0.3) is 0 Å². The summed E-state index contributed by atoms with van der Waals surface area (Å²) in [4.78, 5) is 25.4. The first-order valence-corrected chi connectivity index (χ1v) is 6.27. The second-order valence-corrected chi connectivity index (χ2v) is 4.44. The highest BCUT2D eigenvalue weighted by atomic mass is 16.2. The second-order valence-electron chi connectivity index (χ2n) is 4.44. The molecule has 1 aromatic rings. The molecule has 0 saturated carbocycles. The van der Waals surface area contributed by atoms with Gasteiger partial charge in [0.15, 0.2) is 0 Å². The van der Waals surface area contributed by atoms with Gasteiger partial charge in [-0.25, -0.2) is 0 Å². The van der Waals surface area contributed by atoms with Gasteiger partial charge in [0.1, 0.15) is 11.7 Å². The van der Waals surface area contributed by atoms with Gasteiger partial charge in [-0.05, 0) is 32.3 Å². The fourth-order valence-corrected chi connectivity index (χ4v) is 2.38. The lowest BCUT2D eigenvalue weighted by atomic mass is 10.0. The molecule has 2 rings (SSSR count). The molecule has 2 heterocycles. The average Bonchev–Trinajstić information content (AvgIpc) is 2.86. The number of primary amides is 1. The van der Waals surface area contributed by atoms with E-state index >= 15 is 0 Å². The van der Waals surface area contributed by atoms with E-state index in [4.69, 9.17) is 5.73 Å². The summed E-state index contributed by atoms with van der Waals surface area (Å²) in [6.07, 6.45) is 4.10. The number of amides is 2. The molecule has 1 atom stereocenters.